The van der Waals surface area contributed by atoms with E-state index in [1.165, 1.54) is 24.3 Å². The lowest BCUT2D eigenvalue weighted by Gasteiger charge is -2.13. The Morgan fingerprint density at radius 3 is 2.09 bits per heavy atom. The van der Waals surface area contributed by atoms with Crippen LogP contribution in [-0.4, -0.2) is 41.5 Å². The number of nitrogens with zero attached hydrogens (tertiary/aromatic N) is 1. The van der Waals surface area contributed by atoms with Crippen LogP contribution in [-0.2, 0) is 14.4 Å². The van der Waals surface area contributed by atoms with Crippen LogP contribution in [0, 0.1) is 0 Å². The smallest absolute Gasteiger partial charge is 0.345 e. The monoisotopic (exact) mass is 330 g/mol. The molecule has 0 saturated carbocycles. The van der Waals surface area contributed by atoms with Crippen molar-refractivity contribution in [3.63, 3.8) is 0 Å². The van der Waals surface area contributed by atoms with Crippen LogP contribution >= 0.6 is 0 Å². The predicted octanol–water partition coefficient (Wildman–Crippen LogP) is 0.809. The summed E-state index contributed by atoms with van der Waals surface area (Å²) in [6.07, 6.45) is -6.47. The molecule has 122 valence electrons. The zero-order valence-corrected chi connectivity index (χ0v) is 11.3. The van der Waals surface area contributed by atoms with Gasteiger partial charge in [0.1, 0.15) is 13.0 Å². The lowest BCUT2D eigenvalue weighted by molar-refractivity contribution is -0.169. The lowest BCUT2D eigenvalue weighted by Crippen LogP contribution is -2.38. The van der Waals surface area contributed by atoms with E-state index in [9.17, 15) is 32.3 Å². The van der Waals surface area contributed by atoms with Gasteiger partial charge in [0.15, 0.2) is 0 Å². The standard InChI is InChI=1S/C13H9F3N2O5/c14-13(15,16)5-9(19)17-6-10(20)23-18-11(21)7-3-1-2-4-8(7)12(18)22/h1-4H,5-6H2,(H,17,19). The minimum absolute atomic E-state index is 0.0337. The molecule has 1 heterocycles. The van der Waals surface area contributed by atoms with E-state index in [1.54, 1.807) is 5.32 Å². The van der Waals surface area contributed by atoms with Crippen molar-refractivity contribution < 1.29 is 37.2 Å². The van der Waals surface area contributed by atoms with Gasteiger partial charge in [0.05, 0.1) is 11.1 Å². The third-order valence-corrected chi connectivity index (χ3v) is 2.74. The van der Waals surface area contributed by atoms with E-state index < -0.39 is 42.8 Å². The predicted molar refractivity (Wildman–Crippen MR) is 66.7 cm³/mol. The third kappa shape index (κ3) is 3.84. The molecule has 10 heteroatoms. The number of alkyl halides is 3. The Labute approximate surface area is 127 Å². The minimum atomic E-state index is -4.71. The summed E-state index contributed by atoms with van der Waals surface area (Å²) in [5, 5.41) is 1.88. The van der Waals surface area contributed by atoms with Crippen molar-refractivity contribution in [3.8, 4) is 0 Å². The maximum atomic E-state index is 11.9. The number of hydrogen-bond donors (Lipinski definition) is 1. The van der Waals surface area contributed by atoms with E-state index in [1.807, 2.05) is 0 Å². The first-order chi connectivity index (χ1) is 10.7. The molecule has 0 saturated heterocycles. The number of benzene rings is 1. The summed E-state index contributed by atoms with van der Waals surface area (Å²) in [6.45, 7) is -0.914. The first-order valence-electron chi connectivity index (χ1n) is 6.21. The van der Waals surface area contributed by atoms with E-state index in [-0.39, 0.29) is 16.2 Å². The average Bonchev–Trinajstić information content (AvgIpc) is 2.69. The van der Waals surface area contributed by atoms with Gasteiger partial charge in [-0.05, 0) is 12.1 Å². The van der Waals surface area contributed by atoms with Gasteiger partial charge in [-0.15, -0.1) is 0 Å². The molecule has 0 radical (unpaired) electrons. The van der Waals surface area contributed by atoms with Crippen LogP contribution in [0.15, 0.2) is 24.3 Å². The Kier molecular flexibility index (Phi) is 4.34. The molecule has 0 atom stereocenters. The molecule has 1 N–H and O–H groups in total. The Balaban J connectivity index is 1.91. The molecule has 0 spiro atoms. The normalized spacial score (nSPS) is 13.8. The summed E-state index contributed by atoms with van der Waals surface area (Å²) in [5.41, 5.74) is 0.0674. The largest absolute Gasteiger partial charge is 0.397 e. The number of hydroxylamine groups is 2. The highest BCUT2D eigenvalue weighted by atomic mass is 19.4. The van der Waals surface area contributed by atoms with Crippen LogP contribution < -0.4 is 5.32 Å². The van der Waals surface area contributed by atoms with Crippen molar-refractivity contribution in [2.45, 2.75) is 12.6 Å². The third-order valence-electron chi connectivity index (χ3n) is 2.74. The second-order valence-electron chi connectivity index (χ2n) is 4.48. The molecule has 23 heavy (non-hydrogen) atoms. The summed E-state index contributed by atoms with van der Waals surface area (Å²) in [7, 11) is 0. The van der Waals surface area contributed by atoms with Crippen LogP contribution in [0.25, 0.3) is 0 Å². The maximum Gasteiger partial charge on any atom is 0.397 e. The summed E-state index contributed by atoms with van der Waals surface area (Å²) < 4.78 is 35.8. The van der Waals surface area contributed by atoms with Crippen molar-refractivity contribution in [2.24, 2.45) is 0 Å². The van der Waals surface area contributed by atoms with Gasteiger partial charge < -0.3 is 10.2 Å². The van der Waals surface area contributed by atoms with E-state index in [4.69, 9.17) is 0 Å². The zero-order chi connectivity index (χ0) is 17.2. The second kappa shape index (κ2) is 6.07. The molecule has 1 aliphatic heterocycles. The van der Waals surface area contributed by atoms with Crippen LogP contribution in [0.1, 0.15) is 27.1 Å². The van der Waals surface area contributed by atoms with Crippen LogP contribution in [0.5, 0.6) is 0 Å². The number of halogens is 3. The molecule has 0 bridgehead atoms. The van der Waals surface area contributed by atoms with Crippen molar-refractivity contribution in [1.82, 2.24) is 10.4 Å². The number of nitrogens with one attached hydrogen (secondary N) is 1. The van der Waals surface area contributed by atoms with Gasteiger partial charge in [0.2, 0.25) is 5.91 Å². The van der Waals surface area contributed by atoms with Gasteiger partial charge >= 0.3 is 12.1 Å². The number of carbonyl (C=O) groups excluding carboxylic acids is 4. The maximum absolute atomic E-state index is 11.9. The topological polar surface area (TPSA) is 92.8 Å². The van der Waals surface area contributed by atoms with Crippen molar-refractivity contribution >= 4 is 23.7 Å². The molecule has 1 aromatic carbocycles. The van der Waals surface area contributed by atoms with E-state index in [0.29, 0.717) is 0 Å². The molecule has 1 aromatic rings. The molecule has 7 nitrogen and oxygen atoms in total. The van der Waals surface area contributed by atoms with Gasteiger partial charge in [-0.25, -0.2) is 4.79 Å². The average molecular weight is 330 g/mol. The number of rotatable bonds is 4. The van der Waals surface area contributed by atoms with Gasteiger partial charge in [-0.2, -0.15) is 13.2 Å². The number of carbonyl (C=O) groups is 4. The first kappa shape index (κ1) is 16.5. The minimum Gasteiger partial charge on any atom is -0.345 e. The molecule has 0 unspecified atom stereocenters. The quantitative estimate of drug-likeness (QED) is 0.825. The highest BCUT2D eigenvalue weighted by Crippen LogP contribution is 2.22. The number of fused-ring (bicyclic) bond motifs is 1. The van der Waals surface area contributed by atoms with Crippen molar-refractivity contribution in [1.29, 1.82) is 0 Å². The van der Waals surface area contributed by atoms with Crippen molar-refractivity contribution in [2.75, 3.05) is 6.54 Å². The molecule has 0 aromatic heterocycles. The molecular weight excluding hydrogens is 321 g/mol. The van der Waals surface area contributed by atoms with Crippen LogP contribution in [0.2, 0.25) is 0 Å². The summed E-state index contributed by atoms with van der Waals surface area (Å²) in [4.78, 5) is 50.6. The molecule has 0 aliphatic carbocycles. The Morgan fingerprint density at radius 1 is 1.09 bits per heavy atom. The fraction of sp³-hybridized carbons (Fsp3) is 0.231. The Hall–Kier alpha value is -2.91. The van der Waals surface area contributed by atoms with Gasteiger partial charge in [-0.1, -0.05) is 17.2 Å². The first-order valence-corrected chi connectivity index (χ1v) is 6.21. The highest BCUT2D eigenvalue weighted by Gasteiger charge is 2.38. The van der Waals surface area contributed by atoms with E-state index in [0.717, 1.165) is 0 Å². The number of amides is 3. The molecule has 1 aliphatic rings. The van der Waals surface area contributed by atoms with Gasteiger partial charge in [-0.3, -0.25) is 14.4 Å². The lowest BCUT2D eigenvalue weighted by atomic mass is 10.1. The zero-order valence-electron chi connectivity index (χ0n) is 11.3. The molecule has 0 fully saturated rings. The fourth-order valence-electron chi connectivity index (χ4n) is 1.80. The Bertz CT molecular complexity index is 651. The van der Waals surface area contributed by atoms with Gasteiger partial charge in [0, 0.05) is 0 Å². The van der Waals surface area contributed by atoms with E-state index >= 15 is 0 Å². The van der Waals surface area contributed by atoms with E-state index in [2.05, 4.69) is 4.84 Å². The summed E-state index contributed by atoms with van der Waals surface area (Å²) >= 11 is 0. The molecule has 3 amide bonds. The summed E-state index contributed by atoms with van der Waals surface area (Å²) in [5.74, 6) is -4.44. The van der Waals surface area contributed by atoms with Gasteiger partial charge in [0.25, 0.3) is 11.8 Å². The van der Waals surface area contributed by atoms with Crippen molar-refractivity contribution in [3.05, 3.63) is 35.4 Å². The van der Waals surface area contributed by atoms with Crippen LogP contribution in [0.3, 0.4) is 0 Å². The highest BCUT2D eigenvalue weighted by molar-refractivity contribution is 6.20. The number of imide groups is 1. The summed E-state index contributed by atoms with van der Waals surface area (Å²) in [6, 6.07) is 5.72. The molecule has 2 rings (SSSR count). The Morgan fingerprint density at radius 2 is 1.61 bits per heavy atom. The second-order valence-corrected chi connectivity index (χ2v) is 4.48. The molecular formula is C13H9F3N2O5. The number of hydrogen-bond acceptors (Lipinski definition) is 5. The SMILES string of the molecule is O=C(CC(F)(F)F)NCC(=O)ON1C(=O)c2ccccc2C1=O. The van der Waals surface area contributed by atoms with Crippen LogP contribution in [0.4, 0.5) is 13.2 Å². The fourth-order valence-corrected chi connectivity index (χ4v) is 1.80.